The second kappa shape index (κ2) is 8.32. The van der Waals surface area contributed by atoms with Gasteiger partial charge in [0.25, 0.3) is 0 Å². The summed E-state index contributed by atoms with van der Waals surface area (Å²) in [7, 11) is 1.68. The van der Waals surface area contributed by atoms with Crippen LogP contribution in [0.3, 0.4) is 0 Å². The molecule has 0 spiro atoms. The molecule has 0 bridgehead atoms. The third-order valence-corrected chi connectivity index (χ3v) is 5.44. The van der Waals surface area contributed by atoms with E-state index in [0.29, 0.717) is 6.04 Å². The number of nitrogens with one attached hydrogen (secondary N) is 1. The Bertz CT molecular complexity index is 549. The minimum absolute atomic E-state index is 0.426. The summed E-state index contributed by atoms with van der Waals surface area (Å²) in [5.74, 6) is 0.835. The first-order valence-corrected chi connectivity index (χ1v) is 9.41. The van der Waals surface area contributed by atoms with Gasteiger partial charge in [0.15, 0.2) is 0 Å². The molecule has 114 valence electrons. The topological polar surface area (TPSA) is 21.3 Å². The molecule has 1 N–H and O–H groups in total. The fourth-order valence-corrected chi connectivity index (χ4v) is 4.72. The molecule has 0 radical (unpaired) electrons. The van der Waals surface area contributed by atoms with Crippen molar-refractivity contribution in [2.45, 2.75) is 32.4 Å². The minimum atomic E-state index is 0.426. The van der Waals surface area contributed by atoms with Crippen LogP contribution in [0.4, 0.5) is 0 Å². The van der Waals surface area contributed by atoms with Crippen LogP contribution in [-0.2, 0) is 6.54 Å². The lowest BCUT2D eigenvalue weighted by atomic mass is 10.1. The average molecular weight is 433 g/mol. The van der Waals surface area contributed by atoms with E-state index in [9.17, 15) is 0 Å². The van der Waals surface area contributed by atoms with Crippen LogP contribution in [0.2, 0.25) is 0 Å². The number of thiophene rings is 1. The molecule has 0 saturated heterocycles. The van der Waals surface area contributed by atoms with Crippen LogP contribution in [0.25, 0.3) is 0 Å². The predicted molar refractivity (Wildman–Crippen MR) is 97.2 cm³/mol. The molecule has 0 aliphatic heterocycles. The number of ether oxygens (including phenoxy) is 1. The standard InChI is InChI=1S/C16H19Br2NOS/c1-3-5-14(15-6-4-7-21-15)19-10-11-8-12(17)16(20-2)13(18)9-11/h4,6-9,14,19H,3,5,10H2,1-2H3. The van der Waals surface area contributed by atoms with Crippen molar-refractivity contribution in [3.05, 3.63) is 49.0 Å². The van der Waals surface area contributed by atoms with Gasteiger partial charge in [-0.3, -0.25) is 0 Å². The quantitative estimate of drug-likeness (QED) is 0.586. The predicted octanol–water partition coefficient (Wildman–Crippen LogP) is 5.91. The number of methoxy groups -OCH3 is 1. The summed E-state index contributed by atoms with van der Waals surface area (Å²) in [6.45, 7) is 3.06. The van der Waals surface area contributed by atoms with Gasteiger partial charge in [0.2, 0.25) is 0 Å². The van der Waals surface area contributed by atoms with Crippen LogP contribution in [0.5, 0.6) is 5.75 Å². The summed E-state index contributed by atoms with van der Waals surface area (Å²) < 4.78 is 7.28. The first-order chi connectivity index (χ1) is 10.2. The third kappa shape index (κ3) is 4.55. The minimum Gasteiger partial charge on any atom is -0.494 e. The Morgan fingerprint density at radius 1 is 1.29 bits per heavy atom. The molecule has 21 heavy (non-hydrogen) atoms. The van der Waals surface area contributed by atoms with E-state index in [1.54, 1.807) is 7.11 Å². The van der Waals surface area contributed by atoms with E-state index in [1.165, 1.54) is 16.9 Å². The van der Waals surface area contributed by atoms with Gasteiger partial charge in [0, 0.05) is 17.5 Å². The number of rotatable bonds is 7. The molecule has 2 nitrogen and oxygen atoms in total. The van der Waals surface area contributed by atoms with Gasteiger partial charge in [0.05, 0.1) is 16.1 Å². The Hall–Kier alpha value is -0.360. The van der Waals surface area contributed by atoms with Crippen LogP contribution < -0.4 is 10.1 Å². The molecule has 0 fully saturated rings. The van der Waals surface area contributed by atoms with Gasteiger partial charge in [0.1, 0.15) is 5.75 Å². The zero-order valence-electron chi connectivity index (χ0n) is 12.2. The lowest BCUT2D eigenvalue weighted by molar-refractivity contribution is 0.409. The monoisotopic (exact) mass is 431 g/mol. The highest BCUT2D eigenvalue weighted by atomic mass is 79.9. The molecule has 2 rings (SSSR count). The normalized spacial score (nSPS) is 12.4. The van der Waals surface area contributed by atoms with Crippen molar-refractivity contribution in [2.24, 2.45) is 0 Å². The molecule has 1 aromatic carbocycles. The fraction of sp³-hybridized carbons (Fsp3) is 0.375. The Balaban J connectivity index is 2.07. The second-order valence-corrected chi connectivity index (χ2v) is 7.52. The number of benzene rings is 1. The van der Waals surface area contributed by atoms with Gasteiger partial charge in [-0.1, -0.05) is 19.4 Å². The molecule has 0 amide bonds. The van der Waals surface area contributed by atoms with E-state index in [-0.39, 0.29) is 0 Å². The maximum Gasteiger partial charge on any atom is 0.147 e. The lowest BCUT2D eigenvalue weighted by Crippen LogP contribution is -2.20. The van der Waals surface area contributed by atoms with Crippen molar-refractivity contribution < 1.29 is 4.74 Å². The van der Waals surface area contributed by atoms with Crippen molar-refractivity contribution in [3.63, 3.8) is 0 Å². The van der Waals surface area contributed by atoms with Gasteiger partial charge in [-0.15, -0.1) is 11.3 Å². The Labute approximate surface area is 147 Å². The second-order valence-electron chi connectivity index (χ2n) is 4.83. The van der Waals surface area contributed by atoms with Crippen molar-refractivity contribution in [1.82, 2.24) is 5.32 Å². The summed E-state index contributed by atoms with van der Waals surface area (Å²) in [6, 6.07) is 8.96. The van der Waals surface area contributed by atoms with E-state index in [4.69, 9.17) is 4.74 Å². The SMILES string of the molecule is CCCC(NCc1cc(Br)c(OC)c(Br)c1)c1cccs1. The number of halogens is 2. The zero-order valence-corrected chi connectivity index (χ0v) is 16.1. The highest BCUT2D eigenvalue weighted by Gasteiger charge is 2.12. The first kappa shape index (κ1) is 17.0. The van der Waals surface area contributed by atoms with Crippen molar-refractivity contribution in [1.29, 1.82) is 0 Å². The van der Waals surface area contributed by atoms with Crippen LogP contribution in [0.1, 0.15) is 36.2 Å². The summed E-state index contributed by atoms with van der Waals surface area (Å²) in [5, 5.41) is 5.80. The van der Waals surface area contributed by atoms with Gasteiger partial charge in [-0.2, -0.15) is 0 Å². The fourth-order valence-electron chi connectivity index (χ4n) is 2.27. The molecule has 1 aromatic heterocycles. The third-order valence-electron chi connectivity index (χ3n) is 3.28. The first-order valence-electron chi connectivity index (χ1n) is 6.94. The van der Waals surface area contributed by atoms with Crippen LogP contribution in [0.15, 0.2) is 38.6 Å². The zero-order chi connectivity index (χ0) is 15.2. The van der Waals surface area contributed by atoms with Gasteiger partial charge in [-0.05, 0) is 67.4 Å². The smallest absolute Gasteiger partial charge is 0.147 e. The summed E-state index contributed by atoms with van der Waals surface area (Å²) in [6.07, 6.45) is 2.32. The lowest BCUT2D eigenvalue weighted by Gasteiger charge is -2.17. The molecule has 1 atom stereocenters. The molecule has 0 saturated carbocycles. The van der Waals surface area contributed by atoms with E-state index in [1.807, 2.05) is 11.3 Å². The van der Waals surface area contributed by atoms with Crippen molar-refractivity contribution >= 4 is 43.2 Å². The molecule has 1 heterocycles. The van der Waals surface area contributed by atoms with Crippen LogP contribution >= 0.6 is 43.2 Å². The molecule has 1 unspecified atom stereocenters. The highest BCUT2D eigenvalue weighted by molar-refractivity contribution is 9.11. The summed E-state index contributed by atoms with van der Waals surface area (Å²) in [5.41, 5.74) is 1.23. The molecule has 5 heteroatoms. The molecular weight excluding hydrogens is 414 g/mol. The molecule has 2 aromatic rings. The average Bonchev–Trinajstić information content (AvgIpc) is 2.97. The number of hydrogen-bond acceptors (Lipinski definition) is 3. The Kier molecular flexibility index (Phi) is 6.74. The highest BCUT2D eigenvalue weighted by Crippen LogP contribution is 2.34. The maximum atomic E-state index is 5.34. The van der Waals surface area contributed by atoms with Gasteiger partial charge >= 0.3 is 0 Å². The van der Waals surface area contributed by atoms with Crippen molar-refractivity contribution in [3.8, 4) is 5.75 Å². The summed E-state index contributed by atoms with van der Waals surface area (Å²) >= 11 is 8.93. The van der Waals surface area contributed by atoms with Crippen LogP contribution in [0, 0.1) is 0 Å². The Morgan fingerprint density at radius 3 is 2.52 bits per heavy atom. The van der Waals surface area contributed by atoms with Crippen molar-refractivity contribution in [2.75, 3.05) is 7.11 Å². The largest absolute Gasteiger partial charge is 0.494 e. The van der Waals surface area contributed by atoms with E-state index < -0.39 is 0 Å². The van der Waals surface area contributed by atoms with Gasteiger partial charge < -0.3 is 10.1 Å². The summed E-state index contributed by atoms with van der Waals surface area (Å²) in [4.78, 5) is 1.41. The van der Waals surface area contributed by atoms with Crippen LogP contribution in [-0.4, -0.2) is 7.11 Å². The van der Waals surface area contributed by atoms with Gasteiger partial charge in [-0.25, -0.2) is 0 Å². The number of hydrogen-bond donors (Lipinski definition) is 1. The molecular formula is C16H19Br2NOS. The maximum absolute atomic E-state index is 5.34. The Morgan fingerprint density at radius 2 is 2.00 bits per heavy atom. The molecule has 0 aliphatic carbocycles. The molecule has 0 aliphatic rings. The van der Waals surface area contributed by atoms with E-state index in [2.05, 4.69) is 73.7 Å². The van der Waals surface area contributed by atoms with E-state index in [0.717, 1.165) is 27.7 Å². The van der Waals surface area contributed by atoms with E-state index >= 15 is 0 Å².